The van der Waals surface area contributed by atoms with E-state index in [4.69, 9.17) is 0 Å². The van der Waals surface area contributed by atoms with Crippen molar-refractivity contribution in [3.63, 3.8) is 0 Å². The van der Waals surface area contributed by atoms with Gasteiger partial charge in [0.2, 0.25) is 0 Å². The fraction of sp³-hybridized carbons (Fsp3) is 0.700. The van der Waals surface area contributed by atoms with Crippen LogP contribution in [0.3, 0.4) is 0 Å². The first kappa shape index (κ1) is 12.5. The standard InChI is InChI=1S/C10H17N3O3S/c1-13-9(4-7-11-13)17(15,16)12-8-10(14)5-2-3-6-10/h4,7,12,14H,2-3,5-6,8H2,1H3. The van der Waals surface area contributed by atoms with Gasteiger partial charge in [-0.15, -0.1) is 0 Å². The second kappa shape index (κ2) is 4.40. The maximum Gasteiger partial charge on any atom is 0.257 e. The molecular weight excluding hydrogens is 242 g/mol. The number of rotatable bonds is 4. The van der Waals surface area contributed by atoms with Gasteiger partial charge in [-0.25, -0.2) is 13.1 Å². The summed E-state index contributed by atoms with van der Waals surface area (Å²) < 4.78 is 27.6. The zero-order chi connectivity index (χ0) is 12.5. The normalized spacial score (nSPS) is 19.6. The second-order valence-electron chi connectivity index (χ2n) is 4.55. The molecule has 0 unspecified atom stereocenters. The number of sulfonamides is 1. The van der Waals surface area contributed by atoms with E-state index < -0.39 is 15.6 Å². The van der Waals surface area contributed by atoms with E-state index in [1.54, 1.807) is 7.05 Å². The lowest BCUT2D eigenvalue weighted by atomic mass is 10.0. The molecule has 1 aromatic heterocycles. The largest absolute Gasteiger partial charge is 0.389 e. The third-order valence-electron chi connectivity index (χ3n) is 3.18. The second-order valence-corrected chi connectivity index (χ2v) is 6.26. The fourth-order valence-corrected chi connectivity index (χ4v) is 3.38. The van der Waals surface area contributed by atoms with Gasteiger partial charge in [-0.1, -0.05) is 12.8 Å². The van der Waals surface area contributed by atoms with Crippen molar-refractivity contribution in [2.45, 2.75) is 36.3 Å². The molecule has 0 radical (unpaired) electrons. The Morgan fingerprint density at radius 3 is 2.71 bits per heavy atom. The highest BCUT2D eigenvalue weighted by molar-refractivity contribution is 7.89. The van der Waals surface area contributed by atoms with Crippen LogP contribution in [-0.2, 0) is 17.1 Å². The van der Waals surface area contributed by atoms with E-state index in [2.05, 4.69) is 9.82 Å². The highest BCUT2D eigenvalue weighted by Gasteiger charge is 2.32. The van der Waals surface area contributed by atoms with Gasteiger partial charge in [-0.2, -0.15) is 5.10 Å². The van der Waals surface area contributed by atoms with Crippen molar-refractivity contribution in [1.82, 2.24) is 14.5 Å². The van der Waals surface area contributed by atoms with Gasteiger partial charge in [-0.05, 0) is 18.9 Å². The smallest absolute Gasteiger partial charge is 0.257 e. The molecule has 0 amide bonds. The molecule has 1 aliphatic carbocycles. The minimum atomic E-state index is -3.58. The summed E-state index contributed by atoms with van der Waals surface area (Å²) in [6, 6.07) is 1.43. The Hall–Kier alpha value is -0.920. The first-order chi connectivity index (χ1) is 7.93. The van der Waals surface area contributed by atoms with Crippen LogP contribution in [0.2, 0.25) is 0 Å². The Morgan fingerprint density at radius 1 is 1.53 bits per heavy atom. The highest BCUT2D eigenvalue weighted by atomic mass is 32.2. The Morgan fingerprint density at radius 2 is 2.18 bits per heavy atom. The molecule has 2 rings (SSSR count). The molecule has 0 spiro atoms. The van der Waals surface area contributed by atoms with Crippen LogP contribution in [0.15, 0.2) is 17.3 Å². The molecule has 0 aliphatic heterocycles. The van der Waals surface area contributed by atoms with Gasteiger partial charge < -0.3 is 5.11 Å². The van der Waals surface area contributed by atoms with Crippen LogP contribution in [0.1, 0.15) is 25.7 Å². The molecular formula is C10H17N3O3S. The van der Waals surface area contributed by atoms with Crippen LogP contribution in [0, 0.1) is 0 Å². The van der Waals surface area contributed by atoms with Gasteiger partial charge in [0.25, 0.3) is 10.0 Å². The van der Waals surface area contributed by atoms with Crippen LogP contribution in [0.4, 0.5) is 0 Å². The van der Waals surface area contributed by atoms with Gasteiger partial charge in [0.05, 0.1) is 11.8 Å². The molecule has 2 N–H and O–H groups in total. The van der Waals surface area contributed by atoms with Crippen molar-refractivity contribution in [1.29, 1.82) is 0 Å². The lowest BCUT2D eigenvalue weighted by Crippen LogP contribution is -2.41. The number of hydrogen-bond acceptors (Lipinski definition) is 4. The number of aromatic nitrogens is 2. The van der Waals surface area contributed by atoms with Crippen molar-refractivity contribution in [3.8, 4) is 0 Å². The van der Waals surface area contributed by atoms with Gasteiger partial charge in [0.1, 0.15) is 0 Å². The number of aryl methyl sites for hydroxylation is 1. The van der Waals surface area contributed by atoms with Crippen molar-refractivity contribution in [2.75, 3.05) is 6.54 Å². The lowest BCUT2D eigenvalue weighted by molar-refractivity contribution is 0.0531. The van der Waals surface area contributed by atoms with E-state index in [1.165, 1.54) is 16.9 Å². The third-order valence-corrected chi connectivity index (χ3v) is 4.65. The molecule has 0 atom stereocenters. The Bertz CT molecular complexity index is 489. The fourth-order valence-electron chi connectivity index (χ4n) is 2.14. The SMILES string of the molecule is Cn1nccc1S(=O)(=O)NCC1(O)CCCC1. The van der Waals surface area contributed by atoms with Gasteiger partial charge in [0.15, 0.2) is 5.03 Å². The van der Waals surface area contributed by atoms with Crippen LogP contribution in [-0.4, -0.2) is 35.5 Å². The molecule has 7 heteroatoms. The predicted molar refractivity (Wildman–Crippen MR) is 61.8 cm³/mol. The summed E-state index contributed by atoms with van der Waals surface area (Å²) in [7, 11) is -2.01. The van der Waals surface area contributed by atoms with E-state index in [9.17, 15) is 13.5 Å². The number of nitrogens with one attached hydrogen (secondary N) is 1. The van der Waals surface area contributed by atoms with Crippen LogP contribution in [0.5, 0.6) is 0 Å². The summed E-state index contributed by atoms with van der Waals surface area (Å²) in [5.74, 6) is 0. The van der Waals surface area contributed by atoms with E-state index in [1.807, 2.05) is 0 Å². The summed E-state index contributed by atoms with van der Waals surface area (Å²) in [5.41, 5.74) is -0.883. The number of hydrogen-bond donors (Lipinski definition) is 2. The molecule has 0 aromatic carbocycles. The lowest BCUT2D eigenvalue weighted by Gasteiger charge is -2.22. The highest BCUT2D eigenvalue weighted by Crippen LogP contribution is 2.28. The summed E-state index contributed by atoms with van der Waals surface area (Å²) in [4.78, 5) is 0. The zero-order valence-electron chi connectivity index (χ0n) is 9.76. The van der Waals surface area contributed by atoms with E-state index >= 15 is 0 Å². The van der Waals surface area contributed by atoms with E-state index in [0.29, 0.717) is 12.8 Å². The molecule has 1 fully saturated rings. The van der Waals surface area contributed by atoms with Crippen LogP contribution < -0.4 is 4.72 Å². The summed E-state index contributed by atoms with van der Waals surface area (Å²) in [6.45, 7) is 0.0700. The van der Waals surface area contributed by atoms with Crippen molar-refractivity contribution in [3.05, 3.63) is 12.3 Å². The summed E-state index contributed by atoms with van der Waals surface area (Å²) in [5, 5.41) is 14.0. The van der Waals surface area contributed by atoms with Crippen molar-refractivity contribution < 1.29 is 13.5 Å². The quantitative estimate of drug-likeness (QED) is 0.797. The van der Waals surface area contributed by atoms with Crippen LogP contribution in [0.25, 0.3) is 0 Å². The first-order valence-electron chi connectivity index (χ1n) is 5.63. The molecule has 0 bridgehead atoms. The summed E-state index contributed by atoms with van der Waals surface area (Å²) >= 11 is 0. The first-order valence-corrected chi connectivity index (χ1v) is 7.11. The molecule has 96 valence electrons. The number of aliphatic hydroxyl groups is 1. The maximum absolute atomic E-state index is 11.9. The van der Waals surface area contributed by atoms with E-state index in [-0.39, 0.29) is 11.6 Å². The summed E-state index contributed by atoms with van der Waals surface area (Å²) in [6.07, 6.45) is 4.63. The minimum Gasteiger partial charge on any atom is -0.389 e. The van der Waals surface area contributed by atoms with Gasteiger partial charge in [-0.3, -0.25) is 4.68 Å². The van der Waals surface area contributed by atoms with E-state index in [0.717, 1.165) is 12.8 Å². The monoisotopic (exact) mass is 259 g/mol. The van der Waals surface area contributed by atoms with Crippen molar-refractivity contribution >= 4 is 10.0 Å². The molecule has 1 aromatic rings. The minimum absolute atomic E-state index is 0.0700. The average Bonchev–Trinajstić information content (AvgIpc) is 2.86. The Labute approximate surface area is 101 Å². The molecule has 1 aliphatic rings. The van der Waals surface area contributed by atoms with Gasteiger partial charge >= 0.3 is 0 Å². The molecule has 0 saturated heterocycles. The zero-order valence-corrected chi connectivity index (χ0v) is 10.6. The Kier molecular flexibility index (Phi) is 3.24. The maximum atomic E-state index is 11.9. The third kappa shape index (κ3) is 2.67. The molecule has 1 saturated carbocycles. The predicted octanol–water partition coefficient (Wildman–Crippen LogP) is 0.00350. The molecule has 17 heavy (non-hydrogen) atoms. The molecule has 1 heterocycles. The van der Waals surface area contributed by atoms with Crippen molar-refractivity contribution in [2.24, 2.45) is 7.05 Å². The van der Waals surface area contributed by atoms with Crippen LogP contribution >= 0.6 is 0 Å². The van der Waals surface area contributed by atoms with Gasteiger partial charge in [0, 0.05) is 13.6 Å². The topological polar surface area (TPSA) is 84.2 Å². The Balaban J connectivity index is 2.06. The average molecular weight is 259 g/mol. The number of nitrogens with zero attached hydrogens (tertiary/aromatic N) is 2. The molecule has 6 nitrogen and oxygen atoms in total.